The molecule has 14 heavy (non-hydrogen) atoms. The van der Waals surface area contributed by atoms with Crippen molar-refractivity contribution in [3.63, 3.8) is 0 Å². The second-order valence-corrected chi connectivity index (χ2v) is 7.87. The van der Waals surface area contributed by atoms with Crippen molar-refractivity contribution < 1.29 is 8.42 Å². The molecule has 0 unspecified atom stereocenters. The van der Waals surface area contributed by atoms with Crippen molar-refractivity contribution in [2.75, 3.05) is 11.5 Å². The molecule has 0 spiro atoms. The second kappa shape index (κ2) is 4.21. The van der Waals surface area contributed by atoms with Crippen LogP contribution in [0.1, 0.15) is 46.5 Å². The summed E-state index contributed by atoms with van der Waals surface area (Å²) < 4.78 is 23.6. The van der Waals surface area contributed by atoms with Crippen LogP contribution in [-0.2, 0) is 9.84 Å². The zero-order valence-electron chi connectivity index (χ0n) is 9.54. The van der Waals surface area contributed by atoms with Crippen LogP contribution >= 0.6 is 0 Å². The van der Waals surface area contributed by atoms with Crippen molar-refractivity contribution in [1.29, 1.82) is 0 Å². The maximum Gasteiger partial charge on any atom is 0.151 e. The van der Waals surface area contributed by atoms with Gasteiger partial charge in [0.2, 0.25) is 0 Å². The Morgan fingerprint density at radius 3 is 2.07 bits per heavy atom. The van der Waals surface area contributed by atoms with Crippen LogP contribution in [0.5, 0.6) is 0 Å². The highest BCUT2D eigenvalue weighted by atomic mass is 32.2. The van der Waals surface area contributed by atoms with Gasteiger partial charge in [-0.25, -0.2) is 8.42 Å². The minimum absolute atomic E-state index is 0.0998. The van der Waals surface area contributed by atoms with Gasteiger partial charge in [-0.3, -0.25) is 0 Å². The molecule has 0 N–H and O–H groups in total. The van der Waals surface area contributed by atoms with Gasteiger partial charge in [0.15, 0.2) is 9.84 Å². The lowest BCUT2D eigenvalue weighted by Gasteiger charge is -2.19. The molecule has 0 aromatic heterocycles. The highest BCUT2D eigenvalue weighted by Gasteiger charge is 2.26. The summed E-state index contributed by atoms with van der Waals surface area (Å²) in [6, 6.07) is 0. The van der Waals surface area contributed by atoms with Gasteiger partial charge in [0.1, 0.15) is 0 Å². The molecule has 0 bridgehead atoms. The molecule has 2 nitrogen and oxygen atoms in total. The summed E-state index contributed by atoms with van der Waals surface area (Å²) in [6.07, 6.45) is 4.66. The van der Waals surface area contributed by atoms with E-state index in [1.54, 1.807) is 0 Å². The summed E-state index contributed by atoms with van der Waals surface area (Å²) in [5, 5.41) is 0. The Kier molecular flexibility index (Phi) is 3.62. The summed E-state index contributed by atoms with van der Waals surface area (Å²) >= 11 is 0. The van der Waals surface area contributed by atoms with Crippen molar-refractivity contribution in [3.8, 4) is 0 Å². The average molecular weight is 218 g/mol. The SMILES string of the molecule is CC(C)(C)CS(=O)(=O)CC1CCCC1. The van der Waals surface area contributed by atoms with Crippen LogP contribution < -0.4 is 0 Å². The fraction of sp³-hybridized carbons (Fsp3) is 1.00. The smallest absolute Gasteiger partial charge is 0.151 e. The quantitative estimate of drug-likeness (QED) is 0.730. The van der Waals surface area contributed by atoms with E-state index in [1.807, 2.05) is 20.8 Å². The number of rotatable bonds is 3. The Labute approximate surface area is 88.0 Å². The van der Waals surface area contributed by atoms with Crippen LogP contribution in [0.3, 0.4) is 0 Å². The van der Waals surface area contributed by atoms with E-state index in [2.05, 4.69) is 0 Å². The third-order valence-corrected chi connectivity index (χ3v) is 4.90. The second-order valence-electron chi connectivity index (χ2n) is 5.77. The predicted molar refractivity (Wildman–Crippen MR) is 60.1 cm³/mol. The zero-order chi connectivity index (χ0) is 10.8. The minimum atomic E-state index is -2.82. The molecule has 0 amide bonds. The predicted octanol–water partition coefficient (Wildman–Crippen LogP) is 2.64. The van der Waals surface area contributed by atoms with E-state index in [-0.39, 0.29) is 5.41 Å². The average Bonchev–Trinajstić information content (AvgIpc) is 2.31. The third-order valence-electron chi connectivity index (χ3n) is 2.62. The lowest BCUT2D eigenvalue weighted by atomic mass is 10.0. The van der Waals surface area contributed by atoms with Gasteiger partial charge < -0.3 is 0 Å². The van der Waals surface area contributed by atoms with E-state index in [0.29, 0.717) is 17.4 Å². The number of sulfone groups is 1. The fourth-order valence-corrected chi connectivity index (χ4v) is 4.74. The summed E-state index contributed by atoms with van der Waals surface area (Å²) in [6.45, 7) is 5.96. The van der Waals surface area contributed by atoms with E-state index in [9.17, 15) is 8.42 Å². The highest BCUT2D eigenvalue weighted by Crippen LogP contribution is 2.27. The number of hydrogen-bond donors (Lipinski definition) is 0. The van der Waals surface area contributed by atoms with Gasteiger partial charge >= 0.3 is 0 Å². The van der Waals surface area contributed by atoms with Gasteiger partial charge in [-0.15, -0.1) is 0 Å². The summed E-state index contributed by atoms with van der Waals surface area (Å²) in [5.74, 6) is 1.20. The van der Waals surface area contributed by atoms with E-state index < -0.39 is 9.84 Å². The fourth-order valence-electron chi connectivity index (χ4n) is 2.25. The molecule has 0 radical (unpaired) electrons. The molecule has 0 aromatic carbocycles. The lowest BCUT2D eigenvalue weighted by molar-refractivity contribution is 0.457. The first-order valence-corrected chi connectivity index (χ1v) is 7.31. The van der Waals surface area contributed by atoms with Crippen LogP contribution in [0, 0.1) is 11.3 Å². The maximum atomic E-state index is 11.8. The van der Waals surface area contributed by atoms with Crippen molar-refractivity contribution in [2.24, 2.45) is 11.3 Å². The van der Waals surface area contributed by atoms with E-state index in [0.717, 1.165) is 12.8 Å². The van der Waals surface area contributed by atoms with E-state index >= 15 is 0 Å². The van der Waals surface area contributed by atoms with Crippen LogP contribution in [0.2, 0.25) is 0 Å². The maximum absolute atomic E-state index is 11.8. The van der Waals surface area contributed by atoms with Gasteiger partial charge in [-0.2, -0.15) is 0 Å². The molecular weight excluding hydrogens is 196 g/mol. The van der Waals surface area contributed by atoms with Gasteiger partial charge in [0.25, 0.3) is 0 Å². The molecule has 0 heterocycles. The zero-order valence-corrected chi connectivity index (χ0v) is 10.4. The van der Waals surface area contributed by atoms with E-state index in [1.165, 1.54) is 12.8 Å². The number of hydrogen-bond acceptors (Lipinski definition) is 2. The summed E-state index contributed by atoms with van der Waals surface area (Å²) in [5.41, 5.74) is -0.0998. The van der Waals surface area contributed by atoms with Crippen molar-refractivity contribution >= 4 is 9.84 Å². The van der Waals surface area contributed by atoms with Crippen LogP contribution in [0.4, 0.5) is 0 Å². The topological polar surface area (TPSA) is 34.1 Å². The normalized spacial score (nSPS) is 20.2. The largest absolute Gasteiger partial charge is 0.229 e. The molecule has 0 atom stereocenters. The highest BCUT2D eigenvalue weighted by molar-refractivity contribution is 7.91. The first-order chi connectivity index (χ1) is 6.29. The third kappa shape index (κ3) is 4.45. The summed E-state index contributed by atoms with van der Waals surface area (Å²) in [7, 11) is -2.82. The molecular formula is C11H22O2S. The molecule has 1 aliphatic rings. The monoisotopic (exact) mass is 218 g/mol. The minimum Gasteiger partial charge on any atom is -0.229 e. The first kappa shape index (κ1) is 12.0. The van der Waals surface area contributed by atoms with Crippen molar-refractivity contribution in [1.82, 2.24) is 0 Å². The Balaban J connectivity index is 2.49. The molecule has 0 aliphatic heterocycles. The molecule has 1 aliphatic carbocycles. The molecule has 1 fully saturated rings. The first-order valence-electron chi connectivity index (χ1n) is 5.49. The van der Waals surface area contributed by atoms with Crippen LogP contribution in [0.25, 0.3) is 0 Å². The van der Waals surface area contributed by atoms with Gasteiger partial charge in [0, 0.05) is 0 Å². The lowest BCUT2D eigenvalue weighted by Crippen LogP contribution is -2.25. The van der Waals surface area contributed by atoms with Gasteiger partial charge in [0.05, 0.1) is 11.5 Å². The molecule has 1 rings (SSSR count). The Hall–Kier alpha value is -0.0500. The Morgan fingerprint density at radius 2 is 1.64 bits per heavy atom. The van der Waals surface area contributed by atoms with Crippen LogP contribution in [-0.4, -0.2) is 19.9 Å². The molecule has 1 saturated carbocycles. The summed E-state index contributed by atoms with van der Waals surface area (Å²) in [4.78, 5) is 0. The standard InChI is InChI=1S/C11H22O2S/c1-11(2,3)9-14(12,13)8-10-6-4-5-7-10/h10H,4-9H2,1-3H3. The van der Waals surface area contributed by atoms with Crippen LogP contribution in [0.15, 0.2) is 0 Å². The Morgan fingerprint density at radius 1 is 1.14 bits per heavy atom. The molecule has 0 aromatic rings. The molecule has 3 heteroatoms. The van der Waals surface area contributed by atoms with E-state index in [4.69, 9.17) is 0 Å². The van der Waals surface area contributed by atoms with Gasteiger partial charge in [-0.05, 0) is 24.2 Å². The van der Waals surface area contributed by atoms with Crippen molar-refractivity contribution in [2.45, 2.75) is 46.5 Å². The Bertz CT molecular complexity index is 266. The van der Waals surface area contributed by atoms with Gasteiger partial charge in [-0.1, -0.05) is 33.6 Å². The molecule has 0 saturated heterocycles. The molecule has 84 valence electrons. The van der Waals surface area contributed by atoms with Crippen molar-refractivity contribution in [3.05, 3.63) is 0 Å².